The Balaban J connectivity index is 1.58. The highest BCUT2D eigenvalue weighted by Crippen LogP contribution is 2.49. The number of nitrogens with one attached hydrogen (secondary N) is 1. The van der Waals surface area contributed by atoms with Crippen LogP contribution in [0.2, 0.25) is 0 Å². The Bertz CT molecular complexity index is 406. The summed E-state index contributed by atoms with van der Waals surface area (Å²) in [5.74, 6) is 2.78. The Morgan fingerprint density at radius 2 is 1.95 bits per heavy atom. The number of carbonyl (C=O) groups is 2. The van der Waals surface area contributed by atoms with E-state index in [0.717, 1.165) is 17.4 Å². The lowest BCUT2D eigenvalue weighted by Crippen LogP contribution is -2.56. The minimum absolute atomic E-state index is 0.0446. The third kappa shape index (κ3) is 2.69. The zero-order valence-electron chi connectivity index (χ0n) is 11.8. The fourth-order valence-electron chi connectivity index (χ4n) is 4.29. The largest absolute Gasteiger partial charge is 0.480 e. The predicted octanol–water partition coefficient (Wildman–Crippen LogP) is 2.28. The van der Waals surface area contributed by atoms with Crippen LogP contribution in [0.5, 0.6) is 0 Å². The molecule has 112 valence electrons. The van der Waals surface area contributed by atoms with Gasteiger partial charge >= 0.3 is 5.97 Å². The first-order valence-corrected chi connectivity index (χ1v) is 8.87. The van der Waals surface area contributed by atoms with Gasteiger partial charge in [0.15, 0.2) is 0 Å². The Morgan fingerprint density at radius 1 is 1.20 bits per heavy atom. The molecule has 3 atom stereocenters. The van der Waals surface area contributed by atoms with Gasteiger partial charge in [-0.3, -0.25) is 4.79 Å². The van der Waals surface area contributed by atoms with Crippen molar-refractivity contribution in [3.05, 3.63) is 0 Å². The van der Waals surface area contributed by atoms with Gasteiger partial charge in [-0.05, 0) is 61.4 Å². The molecule has 1 heterocycles. The van der Waals surface area contributed by atoms with Crippen molar-refractivity contribution in [3.8, 4) is 0 Å². The fraction of sp³-hybridized carbons (Fsp3) is 0.867. The molecule has 1 amide bonds. The number of hydrogen-bond donors (Lipinski definition) is 2. The standard InChI is InChI=1S/C15H23NO3S/c17-13(9-12-8-10-1-2-11(12)7-10)16-15(14(18)19)3-5-20-6-4-15/h10-12H,1-9H2,(H,16,17)(H,18,19). The van der Waals surface area contributed by atoms with Gasteiger partial charge in [0.1, 0.15) is 5.54 Å². The smallest absolute Gasteiger partial charge is 0.329 e. The Morgan fingerprint density at radius 3 is 2.50 bits per heavy atom. The maximum Gasteiger partial charge on any atom is 0.329 e. The van der Waals surface area contributed by atoms with E-state index in [0.29, 0.717) is 31.1 Å². The van der Waals surface area contributed by atoms with Crippen molar-refractivity contribution in [2.45, 2.75) is 50.5 Å². The maximum absolute atomic E-state index is 12.3. The molecule has 0 aromatic rings. The van der Waals surface area contributed by atoms with Crippen molar-refractivity contribution in [2.75, 3.05) is 11.5 Å². The van der Waals surface area contributed by atoms with Crippen molar-refractivity contribution >= 4 is 23.6 Å². The van der Waals surface area contributed by atoms with Crippen LogP contribution in [0.25, 0.3) is 0 Å². The van der Waals surface area contributed by atoms with E-state index >= 15 is 0 Å². The first-order chi connectivity index (χ1) is 9.59. The molecular formula is C15H23NO3S. The summed E-state index contributed by atoms with van der Waals surface area (Å²) >= 11 is 1.77. The van der Waals surface area contributed by atoms with Crippen LogP contribution in [0.1, 0.15) is 44.9 Å². The van der Waals surface area contributed by atoms with Gasteiger partial charge in [0.2, 0.25) is 5.91 Å². The van der Waals surface area contributed by atoms with E-state index in [1.807, 2.05) is 0 Å². The van der Waals surface area contributed by atoms with Crippen LogP contribution in [-0.4, -0.2) is 34.0 Å². The van der Waals surface area contributed by atoms with Gasteiger partial charge in [-0.1, -0.05) is 6.42 Å². The summed E-state index contributed by atoms with van der Waals surface area (Å²) in [6.45, 7) is 0. The SMILES string of the molecule is O=C(CC1CC2CCC1C2)NC1(C(=O)O)CCSCC1. The molecule has 0 aromatic heterocycles. The molecule has 3 aliphatic rings. The second kappa shape index (κ2) is 5.58. The average molecular weight is 297 g/mol. The molecular weight excluding hydrogens is 274 g/mol. The summed E-state index contributed by atoms with van der Waals surface area (Å²) in [5, 5.41) is 12.3. The molecule has 1 saturated heterocycles. The zero-order chi connectivity index (χ0) is 14.2. The third-order valence-corrected chi connectivity index (χ3v) is 6.45. The molecule has 1 aliphatic heterocycles. The molecule has 0 spiro atoms. The highest BCUT2D eigenvalue weighted by Gasteiger charge is 2.44. The van der Waals surface area contributed by atoms with Crippen molar-refractivity contribution in [3.63, 3.8) is 0 Å². The van der Waals surface area contributed by atoms with Gasteiger partial charge in [0, 0.05) is 6.42 Å². The van der Waals surface area contributed by atoms with E-state index in [-0.39, 0.29) is 5.91 Å². The number of rotatable bonds is 4. The monoisotopic (exact) mass is 297 g/mol. The number of carboxylic acids is 1. The molecule has 3 rings (SSSR count). The van der Waals surface area contributed by atoms with Crippen molar-refractivity contribution in [1.82, 2.24) is 5.32 Å². The van der Waals surface area contributed by atoms with Crippen LogP contribution in [0.15, 0.2) is 0 Å². The summed E-state index contributed by atoms with van der Waals surface area (Å²) < 4.78 is 0. The second-order valence-corrected chi connectivity index (χ2v) is 7.91. The van der Waals surface area contributed by atoms with Gasteiger partial charge in [-0.25, -0.2) is 4.79 Å². The molecule has 3 fully saturated rings. The molecule has 0 radical (unpaired) electrons. The lowest BCUT2D eigenvalue weighted by atomic mass is 9.85. The highest BCUT2D eigenvalue weighted by molar-refractivity contribution is 7.99. The van der Waals surface area contributed by atoms with E-state index in [2.05, 4.69) is 5.32 Å². The van der Waals surface area contributed by atoms with Crippen LogP contribution in [-0.2, 0) is 9.59 Å². The lowest BCUT2D eigenvalue weighted by molar-refractivity contribution is -0.148. The number of fused-ring (bicyclic) bond motifs is 2. The summed E-state index contributed by atoms with van der Waals surface area (Å²) in [4.78, 5) is 23.8. The highest BCUT2D eigenvalue weighted by atomic mass is 32.2. The summed E-state index contributed by atoms with van der Waals surface area (Å²) in [6.07, 6.45) is 6.70. The molecule has 5 heteroatoms. The van der Waals surface area contributed by atoms with Crippen LogP contribution in [0.3, 0.4) is 0 Å². The van der Waals surface area contributed by atoms with Crippen LogP contribution < -0.4 is 5.32 Å². The van der Waals surface area contributed by atoms with E-state index in [4.69, 9.17) is 0 Å². The minimum atomic E-state index is -1.00. The van der Waals surface area contributed by atoms with E-state index in [1.165, 1.54) is 25.7 Å². The first kappa shape index (κ1) is 14.2. The minimum Gasteiger partial charge on any atom is -0.480 e. The van der Waals surface area contributed by atoms with E-state index < -0.39 is 11.5 Å². The van der Waals surface area contributed by atoms with Crippen molar-refractivity contribution in [2.24, 2.45) is 17.8 Å². The number of thioether (sulfide) groups is 1. The van der Waals surface area contributed by atoms with E-state index in [9.17, 15) is 14.7 Å². The normalized spacial score (nSPS) is 34.9. The van der Waals surface area contributed by atoms with Gasteiger partial charge in [0.05, 0.1) is 0 Å². The summed E-state index contributed by atoms with van der Waals surface area (Å²) in [5.41, 5.74) is -1.00. The summed E-state index contributed by atoms with van der Waals surface area (Å²) in [6, 6.07) is 0. The lowest BCUT2D eigenvalue weighted by Gasteiger charge is -2.34. The first-order valence-electron chi connectivity index (χ1n) is 7.71. The van der Waals surface area contributed by atoms with Crippen molar-refractivity contribution in [1.29, 1.82) is 0 Å². The maximum atomic E-state index is 12.3. The number of carbonyl (C=O) groups excluding carboxylic acids is 1. The number of carboxylic acid groups (broad SMARTS) is 1. The molecule has 2 saturated carbocycles. The zero-order valence-corrected chi connectivity index (χ0v) is 12.6. The van der Waals surface area contributed by atoms with Gasteiger partial charge in [0.25, 0.3) is 0 Å². The van der Waals surface area contributed by atoms with Gasteiger partial charge in [-0.2, -0.15) is 11.8 Å². The van der Waals surface area contributed by atoms with Gasteiger partial charge in [-0.15, -0.1) is 0 Å². The molecule has 0 aromatic carbocycles. The fourth-order valence-corrected chi connectivity index (χ4v) is 5.48. The molecule has 2 aliphatic carbocycles. The molecule has 4 nitrogen and oxygen atoms in total. The average Bonchev–Trinajstić information content (AvgIpc) is 3.01. The summed E-state index contributed by atoms with van der Waals surface area (Å²) in [7, 11) is 0. The Labute approximate surface area is 124 Å². The second-order valence-electron chi connectivity index (χ2n) is 6.69. The van der Waals surface area contributed by atoms with Gasteiger partial charge < -0.3 is 10.4 Å². The molecule has 20 heavy (non-hydrogen) atoms. The quantitative estimate of drug-likeness (QED) is 0.835. The molecule has 2 bridgehead atoms. The van der Waals surface area contributed by atoms with E-state index in [1.54, 1.807) is 11.8 Å². The van der Waals surface area contributed by atoms with Crippen LogP contribution in [0.4, 0.5) is 0 Å². The Kier molecular flexibility index (Phi) is 3.98. The van der Waals surface area contributed by atoms with Crippen LogP contribution in [0, 0.1) is 17.8 Å². The third-order valence-electron chi connectivity index (χ3n) is 5.47. The van der Waals surface area contributed by atoms with Crippen molar-refractivity contribution < 1.29 is 14.7 Å². The number of amides is 1. The predicted molar refractivity (Wildman–Crippen MR) is 78.6 cm³/mol. The van der Waals surface area contributed by atoms with Crippen LogP contribution >= 0.6 is 11.8 Å². The molecule has 2 N–H and O–H groups in total. The topological polar surface area (TPSA) is 66.4 Å². The number of hydrogen-bond acceptors (Lipinski definition) is 3. The Hall–Kier alpha value is -0.710. The number of aliphatic carboxylic acids is 1. The molecule has 3 unspecified atom stereocenters.